The molecule has 0 aliphatic carbocycles. The monoisotopic (exact) mass is 349 g/mol. The maximum absolute atomic E-state index is 12.5. The van der Waals surface area contributed by atoms with Crippen LogP contribution in [0.25, 0.3) is 0 Å². The van der Waals surface area contributed by atoms with Crippen LogP contribution in [0.4, 0.5) is 0 Å². The van der Waals surface area contributed by atoms with Gasteiger partial charge in [0.2, 0.25) is 0 Å². The third-order valence-electron chi connectivity index (χ3n) is 4.07. The van der Waals surface area contributed by atoms with E-state index in [2.05, 4.69) is 5.10 Å². The molecule has 0 radical (unpaired) electrons. The standard InChI is InChI=1S/C17H20ClN3O3/c1-20-10-12(9-19-20)7-15(22)17(23)21-5-6-24-16(11-21)13-3-2-4-14(18)8-13/h2-4,8-10,15-16,22H,5-7,11H2,1H3. The number of rotatable bonds is 4. The average molecular weight is 350 g/mol. The molecule has 1 aromatic carbocycles. The minimum Gasteiger partial charge on any atom is -0.383 e. The molecule has 1 aromatic heterocycles. The SMILES string of the molecule is Cn1cc(CC(O)C(=O)N2CCOC(c3cccc(Cl)c3)C2)cn1. The highest BCUT2D eigenvalue weighted by atomic mass is 35.5. The Balaban J connectivity index is 1.64. The minimum atomic E-state index is -1.08. The second-order valence-electron chi connectivity index (χ2n) is 5.94. The lowest BCUT2D eigenvalue weighted by molar-refractivity contribution is -0.147. The number of aliphatic hydroxyl groups excluding tert-OH is 1. The zero-order chi connectivity index (χ0) is 17.1. The van der Waals surface area contributed by atoms with Crippen molar-refractivity contribution in [2.75, 3.05) is 19.7 Å². The third kappa shape index (κ3) is 3.95. The van der Waals surface area contributed by atoms with Crippen molar-refractivity contribution in [3.8, 4) is 0 Å². The summed E-state index contributed by atoms with van der Waals surface area (Å²) in [5, 5.41) is 14.9. The van der Waals surface area contributed by atoms with E-state index in [1.54, 1.807) is 35.1 Å². The van der Waals surface area contributed by atoms with Crippen LogP contribution in [0.3, 0.4) is 0 Å². The Kier molecular flexibility index (Phi) is 5.18. The molecule has 0 spiro atoms. The van der Waals surface area contributed by atoms with Crippen molar-refractivity contribution in [2.45, 2.75) is 18.6 Å². The van der Waals surface area contributed by atoms with Crippen LogP contribution in [0.1, 0.15) is 17.2 Å². The molecule has 1 aliphatic rings. The van der Waals surface area contributed by atoms with Gasteiger partial charge in [0.1, 0.15) is 12.2 Å². The Bertz CT molecular complexity index is 719. The number of nitrogens with zero attached hydrogens (tertiary/aromatic N) is 3. The number of amides is 1. The summed E-state index contributed by atoms with van der Waals surface area (Å²) in [5.41, 5.74) is 1.76. The molecule has 2 atom stereocenters. The first-order valence-electron chi connectivity index (χ1n) is 7.84. The quantitative estimate of drug-likeness (QED) is 0.910. The van der Waals surface area contributed by atoms with Crippen LogP contribution in [-0.2, 0) is 23.0 Å². The Morgan fingerprint density at radius 2 is 2.38 bits per heavy atom. The number of hydrogen-bond donors (Lipinski definition) is 1. The molecule has 7 heteroatoms. The first-order valence-corrected chi connectivity index (χ1v) is 8.22. The summed E-state index contributed by atoms with van der Waals surface area (Å²) >= 11 is 6.02. The summed E-state index contributed by atoms with van der Waals surface area (Å²) in [6.45, 7) is 1.31. The topological polar surface area (TPSA) is 67.6 Å². The number of hydrogen-bond acceptors (Lipinski definition) is 4. The fourth-order valence-corrected chi connectivity index (χ4v) is 3.06. The largest absolute Gasteiger partial charge is 0.383 e. The van der Waals surface area contributed by atoms with E-state index in [1.807, 2.05) is 18.2 Å². The van der Waals surface area contributed by atoms with Crippen LogP contribution >= 0.6 is 11.6 Å². The Hall–Kier alpha value is -1.89. The van der Waals surface area contributed by atoms with Gasteiger partial charge in [-0.1, -0.05) is 23.7 Å². The van der Waals surface area contributed by atoms with E-state index >= 15 is 0 Å². The number of carbonyl (C=O) groups excluding carboxylic acids is 1. The highest BCUT2D eigenvalue weighted by Gasteiger charge is 2.29. The van der Waals surface area contributed by atoms with E-state index in [4.69, 9.17) is 16.3 Å². The molecule has 3 rings (SSSR count). The summed E-state index contributed by atoms with van der Waals surface area (Å²) in [6.07, 6.45) is 2.40. The second-order valence-corrected chi connectivity index (χ2v) is 6.38. The number of ether oxygens (including phenoxy) is 1. The van der Waals surface area contributed by atoms with Gasteiger partial charge in [-0.3, -0.25) is 9.48 Å². The summed E-state index contributed by atoms with van der Waals surface area (Å²) in [4.78, 5) is 14.2. The number of halogens is 1. The Morgan fingerprint density at radius 3 is 3.08 bits per heavy atom. The van der Waals surface area contributed by atoms with Crippen molar-refractivity contribution in [1.82, 2.24) is 14.7 Å². The number of aliphatic hydroxyl groups is 1. The van der Waals surface area contributed by atoms with Crippen LogP contribution in [-0.4, -0.2) is 51.5 Å². The number of morpholine rings is 1. The fraction of sp³-hybridized carbons (Fsp3) is 0.412. The Morgan fingerprint density at radius 1 is 1.54 bits per heavy atom. The van der Waals surface area contributed by atoms with Crippen LogP contribution < -0.4 is 0 Å². The summed E-state index contributed by atoms with van der Waals surface area (Å²) in [5.74, 6) is -0.283. The molecule has 0 saturated carbocycles. The lowest BCUT2D eigenvalue weighted by atomic mass is 10.1. The maximum atomic E-state index is 12.5. The lowest BCUT2D eigenvalue weighted by Gasteiger charge is -2.34. The number of aromatic nitrogens is 2. The van der Waals surface area contributed by atoms with Crippen molar-refractivity contribution in [3.63, 3.8) is 0 Å². The zero-order valence-electron chi connectivity index (χ0n) is 13.4. The lowest BCUT2D eigenvalue weighted by Crippen LogP contribution is -2.47. The van der Waals surface area contributed by atoms with Crippen LogP contribution in [0.2, 0.25) is 5.02 Å². The van der Waals surface area contributed by atoms with E-state index in [-0.39, 0.29) is 18.4 Å². The zero-order valence-corrected chi connectivity index (χ0v) is 14.2. The molecule has 1 aliphatic heterocycles. The predicted octanol–water partition coefficient (Wildman–Crippen LogP) is 1.58. The molecule has 2 unspecified atom stereocenters. The van der Waals surface area contributed by atoms with Gasteiger partial charge in [0.05, 0.1) is 19.3 Å². The van der Waals surface area contributed by atoms with Gasteiger partial charge in [0.25, 0.3) is 5.91 Å². The van der Waals surface area contributed by atoms with Gasteiger partial charge in [-0.25, -0.2) is 0 Å². The van der Waals surface area contributed by atoms with Gasteiger partial charge in [0, 0.05) is 31.2 Å². The molecule has 1 fully saturated rings. The first kappa shape index (κ1) is 17.0. The molecule has 1 N–H and O–H groups in total. The van der Waals surface area contributed by atoms with Gasteiger partial charge in [-0.2, -0.15) is 5.10 Å². The number of benzene rings is 1. The predicted molar refractivity (Wildman–Crippen MR) is 89.6 cm³/mol. The molecule has 24 heavy (non-hydrogen) atoms. The molecule has 2 heterocycles. The molecule has 1 saturated heterocycles. The maximum Gasteiger partial charge on any atom is 0.251 e. The Labute approximate surface area is 145 Å². The molecule has 2 aromatic rings. The summed E-state index contributed by atoms with van der Waals surface area (Å²) in [6, 6.07) is 7.43. The van der Waals surface area contributed by atoms with E-state index in [0.29, 0.717) is 24.7 Å². The van der Waals surface area contributed by atoms with E-state index < -0.39 is 6.10 Å². The normalized spacial score (nSPS) is 19.3. The number of carbonyl (C=O) groups is 1. The van der Waals surface area contributed by atoms with Crippen molar-refractivity contribution in [3.05, 3.63) is 52.8 Å². The smallest absolute Gasteiger partial charge is 0.251 e. The average Bonchev–Trinajstić information content (AvgIpc) is 2.99. The van der Waals surface area contributed by atoms with Gasteiger partial charge in [0.15, 0.2) is 0 Å². The van der Waals surface area contributed by atoms with Gasteiger partial charge >= 0.3 is 0 Å². The van der Waals surface area contributed by atoms with Gasteiger partial charge in [-0.15, -0.1) is 0 Å². The van der Waals surface area contributed by atoms with E-state index in [1.165, 1.54) is 0 Å². The van der Waals surface area contributed by atoms with E-state index in [9.17, 15) is 9.90 Å². The van der Waals surface area contributed by atoms with Gasteiger partial charge in [-0.05, 0) is 23.3 Å². The van der Waals surface area contributed by atoms with Crippen molar-refractivity contribution in [2.24, 2.45) is 7.05 Å². The molecule has 6 nitrogen and oxygen atoms in total. The first-order chi connectivity index (χ1) is 11.5. The fourth-order valence-electron chi connectivity index (χ4n) is 2.86. The minimum absolute atomic E-state index is 0.230. The van der Waals surface area contributed by atoms with Crippen LogP contribution in [0, 0.1) is 0 Å². The summed E-state index contributed by atoms with van der Waals surface area (Å²) in [7, 11) is 1.80. The third-order valence-corrected chi connectivity index (χ3v) is 4.31. The summed E-state index contributed by atoms with van der Waals surface area (Å²) < 4.78 is 7.40. The molecule has 0 bridgehead atoms. The highest BCUT2D eigenvalue weighted by molar-refractivity contribution is 6.30. The van der Waals surface area contributed by atoms with Crippen LogP contribution in [0.15, 0.2) is 36.7 Å². The number of aryl methyl sites for hydroxylation is 1. The molecular weight excluding hydrogens is 330 g/mol. The van der Waals surface area contributed by atoms with Crippen molar-refractivity contribution >= 4 is 17.5 Å². The molecular formula is C17H20ClN3O3. The molecule has 1 amide bonds. The van der Waals surface area contributed by atoms with Crippen molar-refractivity contribution < 1.29 is 14.6 Å². The molecule has 128 valence electrons. The van der Waals surface area contributed by atoms with Crippen LogP contribution in [0.5, 0.6) is 0 Å². The van der Waals surface area contributed by atoms with E-state index in [0.717, 1.165) is 11.1 Å². The second kappa shape index (κ2) is 7.34. The highest BCUT2D eigenvalue weighted by Crippen LogP contribution is 2.25. The van der Waals surface area contributed by atoms with Crippen molar-refractivity contribution in [1.29, 1.82) is 0 Å². The van der Waals surface area contributed by atoms with Gasteiger partial charge < -0.3 is 14.7 Å².